The molecule has 0 aliphatic heterocycles. The van der Waals surface area contributed by atoms with Gasteiger partial charge in [-0.2, -0.15) is 0 Å². The van der Waals surface area contributed by atoms with Crippen LogP contribution in [-0.2, 0) is 27.8 Å². The van der Waals surface area contributed by atoms with Crippen LogP contribution in [0.5, 0.6) is 0 Å². The summed E-state index contributed by atoms with van der Waals surface area (Å²) in [6, 6.07) is 14.5. The summed E-state index contributed by atoms with van der Waals surface area (Å²) in [4.78, 5) is 52.8. The molecule has 11 heteroatoms. The van der Waals surface area contributed by atoms with E-state index in [0.29, 0.717) is 11.4 Å². The van der Waals surface area contributed by atoms with E-state index in [2.05, 4.69) is 15.6 Å². The number of benzene rings is 2. The average Bonchev–Trinajstić information content (AvgIpc) is 3.36. The van der Waals surface area contributed by atoms with Crippen molar-refractivity contribution < 1.29 is 19.1 Å². The number of esters is 1. The molecular formula is C25H26N6O5. The van der Waals surface area contributed by atoms with Gasteiger partial charge in [-0.25, -0.2) is 14.3 Å². The average molecular weight is 491 g/mol. The number of hydrogen-bond acceptors (Lipinski definition) is 5. The third kappa shape index (κ3) is 4.99. The molecule has 4 aromatic rings. The van der Waals surface area contributed by atoms with Crippen LogP contribution in [0.3, 0.4) is 0 Å². The summed E-state index contributed by atoms with van der Waals surface area (Å²) in [7, 11) is 1.70. The Labute approximate surface area is 205 Å². The Balaban J connectivity index is 1.44. The molecular weight excluding hydrogens is 464 g/mol. The first-order valence-corrected chi connectivity index (χ1v) is 11.2. The van der Waals surface area contributed by atoms with Crippen LogP contribution in [0.4, 0.5) is 10.5 Å². The predicted octanol–water partition coefficient (Wildman–Crippen LogP) is 1.73. The van der Waals surface area contributed by atoms with Gasteiger partial charge in [0.15, 0.2) is 6.61 Å². The highest BCUT2D eigenvalue weighted by Gasteiger charge is 2.25. The van der Waals surface area contributed by atoms with Gasteiger partial charge in [-0.1, -0.05) is 36.4 Å². The number of nitrogens with two attached hydrogens (primary N) is 1. The van der Waals surface area contributed by atoms with Crippen molar-refractivity contribution in [3.63, 3.8) is 0 Å². The summed E-state index contributed by atoms with van der Waals surface area (Å²) in [6.07, 6.45) is 1.84. The molecule has 0 saturated carbocycles. The van der Waals surface area contributed by atoms with E-state index in [1.807, 2.05) is 30.3 Å². The normalized spacial score (nSPS) is 11.7. The number of primary amides is 1. The number of carbonyl (C=O) groups excluding carboxylic acids is 3. The molecule has 11 nitrogen and oxygen atoms in total. The van der Waals surface area contributed by atoms with Gasteiger partial charge in [0.2, 0.25) is 0 Å². The van der Waals surface area contributed by atoms with Crippen molar-refractivity contribution in [3.8, 4) is 5.69 Å². The van der Waals surface area contributed by atoms with Crippen LogP contribution in [0, 0.1) is 6.92 Å². The summed E-state index contributed by atoms with van der Waals surface area (Å²) < 4.78 is 8.19. The number of rotatable bonds is 8. The molecule has 0 aliphatic rings. The number of para-hydroxylation sites is 2. The molecule has 5 N–H and O–H groups in total. The molecule has 0 aliphatic carbocycles. The summed E-state index contributed by atoms with van der Waals surface area (Å²) in [6.45, 7) is 1.04. The minimum atomic E-state index is -1.11. The van der Waals surface area contributed by atoms with Crippen LogP contribution in [0.2, 0.25) is 0 Å². The van der Waals surface area contributed by atoms with E-state index < -0.39 is 36.1 Å². The number of H-pyrrole nitrogens is 1. The molecule has 4 rings (SSSR count). The maximum absolute atomic E-state index is 13.0. The lowest BCUT2D eigenvalue weighted by Crippen LogP contribution is -2.46. The number of nitrogens with one attached hydrogen (secondary N) is 3. The third-order valence-corrected chi connectivity index (χ3v) is 5.86. The Morgan fingerprint density at radius 3 is 2.50 bits per heavy atom. The van der Waals surface area contributed by atoms with Gasteiger partial charge in [0, 0.05) is 30.6 Å². The largest absolute Gasteiger partial charge is 0.454 e. The highest BCUT2D eigenvalue weighted by Crippen LogP contribution is 2.19. The van der Waals surface area contributed by atoms with Crippen molar-refractivity contribution in [1.82, 2.24) is 19.7 Å². The number of aromatic nitrogens is 3. The Morgan fingerprint density at radius 2 is 1.78 bits per heavy atom. The molecule has 0 saturated heterocycles. The molecule has 2 aromatic heterocycles. The van der Waals surface area contributed by atoms with Gasteiger partial charge in [-0.3, -0.25) is 14.3 Å². The Hall–Kier alpha value is -4.80. The zero-order valence-electron chi connectivity index (χ0n) is 19.8. The smallest absolute Gasteiger partial charge is 0.329 e. The molecule has 36 heavy (non-hydrogen) atoms. The quantitative estimate of drug-likeness (QED) is 0.277. The molecule has 1 atom stereocenters. The Kier molecular flexibility index (Phi) is 6.91. The Bertz CT molecular complexity index is 1480. The number of urea groups is 1. The fraction of sp³-hybridized carbons (Fsp3) is 0.200. The molecule has 0 radical (unpaired) electrons. The zero-order valence-corrected chi connectivity index (χ0v) is 19.8. The monoisotopic (exact) mass is 490 g/mol. The standard InChI is InChI=1S/C25H26N6O5/c1-15-22(23(33)31(30(15)2)17-8-4-3-5-9-17)29-21(32)14-36-24(34)20(28-25(26)35)12-16-13-27-19-11-7-6-10-18(16)19/h3-11,13,20,27H,12,14H2,1-2H3,(H,29,32)(H3,26,28,35)/t20-/m1/s1. The first kappa shape index (κ1) is 24.3. The number of anilines is 1. The lowest BCUT2D eigenvalue weighted by atomic mass is 10.1. The van der Waals surface area contributed by atoms with E-state index in [9.17, 15) is 19.2 Å². The number of amides is 3. The van der Waals surface area contributed by atoms with Crippen LogP contribution in [0.25, 0.3) is 16.6 Å². The lowest BCUT2D eigenvalue weighted by Gasteiger charge is -2.16. The second kappa shape index (κ2) is 10.2. The van der Waals surface area contributed by atoms with Gasteiger partial charge in [0.05, 0.1) is 11.4 Å². The SMILES string of the molecule is Cc1c(NC(=O)COC(=O)[C@@H](Cc2c[nH]c3ccccc23)NC(N)=O)c(=O)n(-c2ccccc2)n1C. The number of fused-ring (bicyclic) bond motifs is 1. The first-order valence-electron chi connectivity index (χ1n) is 11.2. The second-order valence-corrected chi connectivity index (χ2v) is 8.22. The molecule has 0 fully saturated rings. The van der Waals surface area contributed by atoms with Crippen LogP contribution >= 0.6 is 0 Å². The molecule has 0 bridgehead atoms. The van der Waals surface area contributed by atoms with E-state index in [1.54, 1.807) is 49.1 Å². The van der Waals surface area contributed by atoms with Gasteiger partial charge in [0.1, 0.15) is 11.7 Å². The van der Waals surface area contributed by atoms with Gasteiger partial charge >= 0.3 is 12.0 Å². The number of nitrogens with zero attached hydrogens (tertiary/aromatic N) is 2. The van der Waals surface area contributed by atoms with Crippen molar-refractivity contribution in [2.45, 2.75) is 19.4 Å². The highest BCUT2D eigenvalue weighted by molar-refractivity contribution is 5.94. The van der Waals surface area contributed by atoms with Crippen molar-refractivity contribution in [2.24, 2.45) is 12.8 Å². The van der Waals surface area contributed by atoms with Gasteiger partial charge in [-0.15, -0.1) is 0 Å². The highest BCUT2D eigenvalue weighted by atomic mass is 16.5. The number of ether oxygens (including phenoxy) is 1. The maximum Gasteiger partial charge on any atom is 0.329 e. The van der Waals surface area contributed by atoms with Gasteiger partial charge in [0.25, 0.3) is 11.5 Å². The number of aromatic amines is 1. The van der Waals surface area contributed by atoms with E-state index in [4.69, 9.17) is 10.5 Å². The lowest BCUT2D eigenvalue weighted by molar-refractivity contribution is -0.149. The second-order valence-electron chi connectivity index (χ2n) is 8.22. The fourth-order valence-electron chi connectivity index (χ4n) is 4.01. The van der Waals surface area contributed by atoms with E-state index in [0.717, 1.165) is 16.5 Å². The first-order chi connectivity index (χ1) is 17.3. The van der Waals surface area contributed by atoms with Crippen LogP contribution in [-0.4, -0.2) is 44.9 Å². The van der Waals surface area contributed by atoms with Gasteiger partial charge in [-0.05, 0) is 30.7 Å². The van der Waals surface area contributed by atoms with Crippen LogP contribution in [0.15, 0.2) is 65.6 Å². The summed E-state index contributed by atoms with van der Waals surface area (Å²) in [5.41, 5.74) is 7.70. The summed E-state index contributed by atoms with van der Waals surface area (Å²) in [5, 5.41) is 5.78. The molecule has 0 unspecified atom stereocenters. The van der Waals surface area contributed by atoms with Crippen molar-refractivity contribution in [1.29, 1.82) is 0 Å². The maximum atomic E-state index is 13.0. The molecule has 186 valence electrons. The predicted molar refractivity (Wildman–Crippen MR) is 134 cm³/mol. The number of carbonyl (C=O) groups is 3. The van der Waals surface area contributed by atoms with Crippen LogP contribution in [0.1, 0.15) is 11.3 Å². The van der Waals surface area contributed by atoms with Crippen LogP contribution < -0.4 is 21.9 Å². The van der Waals surface area contributed by atoms with Crippen molar-refractivity contribution in [2.75, 3.05) is 11.9 Å². The van der Waals surface area contributed by atoms with E-state index in [-0.39, 0.29) is 12.1 Å². The Morgan fingerprint density at radius 1 is 1.08 bits per heavy atom. The summed E-state index contributed by atoms with van der Waals surface area (Å²) >= 11 is 0. The minimum Gasteiger partial charge on any atom is -0.454 e. The molecule has 0 spiro atoms. The number of hydrogen-bond donors (Lipinski definition) is 4. The molecule has 2 heterocycles. The minimum absolute atomic E-state index is 0.0769. The topological polar surface area (TPSA) is 153 Å². The zero-order chi connectivity index (χ0) is 25.8. The molecule has 3 amide bonds. The molecule has 2 aromatic carbocycles. The van der Waals surface area contributed by atoms with E-state index in [1.165, 1.54) is 4.68 Å². The van der Waals surface area contributed by atoms with Crippen molar-refractivity contribution >= 4 is 34.5 Å². The van der Waals surface area contributed by atoms with Gasteiger partial charge < -0.3 is 26.1 Å². The van der Waals surface area contributed by atoms with Crippen molar-refractivity contribution in [3.05, 3.63) is 82.4 Å². The fourth-order valence-corrected chi connectivity index (χ4v) is 4.01. The third-order valence-electron chi connectivity index (χ3n) is 5.86. The van der Waals surface area contributed by atoms with E-state index >= 15 is 0 Å². The summed E-state index contributed by atoms with van der Waals surface area (Å²) in [5.74, 6) is -1.53.